The minimum atomic E-state index is -0.690. The lowest BCUT2D eigenvalue weighted by molar-refractivity contribution is 0.0913. The molecule has 6 heteroatoms. The summed E-state index contributed by atoms with van der Waals surface area (Å²) in [6.45, 7) is 2.10. The average molecular weight is 265 g/mol. The van der Waals surface area contributed by atoms with Crippen molar-refractivity contribution in [1.29, 1.82) is 0 Å². The number of rotatable bonds is 6. The molecule has 1 heterocycles. The molecule has 0 aromatic carbocycles. The van der Waals surface area contributed by atoms with Crippen LogP contribution in [0.25, 0.3) is 5.57 Å². The van der Waals surface area contributed by atoms with Gasteiger partial charge < -0.3 is 20.5 Å². The van der Waals surface area contributed by atoms with Gasteiger partial charge in [0, 0.05) is 12.1 Å². The summed E-state index contributed by atoms with van der Waals surface area (Å²) in [5.74, 6) is 0. The molecular formula is C13H19N3O3. The summed E-state index contributed by atoms with van der Waals surface area (Å²) in [6.07, 6.45) is 4.54. The zero-order chi connectivity index (χ0) is 13.9. The summed E-state index contributed by atoms with van der Waals surface area (Å²) in [4.78, 5) is 18.3. The van der Waals surface area contributed by atoms with E-state index in [2.05, 4.69) is 15.3 Å². The molecule has 19 heavy (non-hydrogen) atoms. The van der Waals surface area contributed by atoms with Crippen molar-refractivity contribution in [3.05, 3.63) is 34.0 Å². The van der Waals surface area contributed by atoms with E-state index in [-0.39, 0.29) is 18.8 Å². The number of nitrogens with zero attached hydrogens (tertiary/aromatic N) is 1. The number of fused-ring (bicyclic) bond motifs is 1. The van der Waals surface area contributed by atoms with Gasteiger partial charge in [-0.15, -0.1) is 0 Å². The first-order valence-corrected chi connectivity index (χ1v) is 6.38. The summed E-state index contributed by atoms with van der Waals surface area (Å²) in [7, 11) is 0. The fourth-order valence-electron chi connectivity index (χ4n) is 2.17. The molecule has 0 saturated heterocycles. The minimum Gasteiger partial charge on any atom is -0.394 e. The van der Waals surface area contributed by atoms with Crippen LogP contribution in [0.5, 0.6) is 0 Å². The van der Waals surface area contributed by atoms with Crippen molar-refractivity contribution >= 4 is 5.57 Å². The van der Waals surface area contributed by atoms with E-state index >= 15 is 0 Å². The van der Waals surface area contributed by atoms with E-state index in [1.807, 2.05) is 13.0 Å². The SMILES string of the molecule is CCC(CO)(CO)NCC1=CCc2c1nc[nH]c2=O. The summed E-state index contributed by atoms with van der Waals surface area (Å²) < 4.78 is 0. The van der Waals surface area contributed by atoms with Crippen LogP contribution in [0.2, 0.25) is 0 Å². The van der Waals surface area contributed by atoms with E-state index in [0.29, 0.717) is 30.6 Å². The Morgan fingerprint density at radius 1 is 1.47 bits per heavy atom. The van der Waals surface area contributed by atoms with Crippen molar-refractivity contribution in [2.24, 2.45) is 0 Å². The quantitative estimate of drug-likeness (QED) is 0.552. The molecule has 0 unspecified atom stereocenters. The van der Waals surface area contributed by atoms with Gasteiger partial charge in [-0.3, -0.25) is 4.79 Å². The number of allylic oxidation sites excluding steroid dienone is 1. The van der Waals surface area contributed by atoms with Gasteiger partial charge in [0.2, 0.25) is 0 Å². The Balaban J connectivity index is 2.12. The molecule has 0 bridgehead atoms. The lowest BCUT2D eigenvalue weighted by Gasteiger charge is -2.30. The van der Waals surface area contributed by atoms with Crippen molar-refractivity contribution in [3.63, 3.8) is 0 Å². The number of aliphatic hydroxyl groups excluding tert-OH is 2. The molecular weight excluding hydrogens is 246 g/mol. The van der Waals surface area contributed by atoms with Crippen LogP contribution in [0.3, 0.4) is 0 Å². The van der Waals surface area contributed by atoms with Gasteiger partial charge in [-0.1, -0.05) is 13.0 Å². The highest BCUT2D eigenvalue weighted by Gasteiger charge is 2.27. The summed E-state index contributed by atoms with van der Waals surface area (Å²) in [6, 6.07) is 0. The number of nitrogens with one attached hydrogen (secondary N) is 2. The summed E-state index contributed by atoms with van der Waals surface area (Å²) in [5, 5.41) is 21.9. The molecule has 1 aliphatic carbocycles. The van der Waals surface area contributed by atoms with E-state index in [4.69, 9.17) is 0 Å². The van der Waals surface area contributed by atoms with Gasteiger partial charge in [0.25, 0.3) is 5.56 Å². The van der Waals surface area contributed by atoms with Crippen molar-refractivity contribution in [2.75, 3.05) is 19.8 Å². The Bertz CT molecular complexity index is 524. The van der Waals surface area contributed by atoms with E-state index in [9.17, 15) is 15.0 Å². The lowest BCUT2D eigenvalue weighted by atomic mass is 9.98. The third-order valence-electron chi connectivity index (χ3n) is 3.74. The Hall–Kier alpha value is -1.50. The Kier molecular flexibility index (Phi) is 4.14. The van der Waals surface area contributed by atoms with Gasteiger partial charge in [-0.05, 0) is 18.4 Å². The topological polar surface area (TPSA) is 98.2 Å². The van der Waals surface area contributed by atoms with Crippen LogP contribution >= 0.6 is 0 Å². The van der Waals surface area contributed by atoms with Crippen LogP contribution in [0.1, 0.15) is 24.6 Å². The highest BCUT2D eigenvalue weighted by Crippen LogP contribution is 2.22. The molecule has 1 aromatic heterocycles. The third kappa shape index (κ3) is 2.60. The smallest absolute Gasteiger partial charge is 0.254 e. The number of aliphatic hydroxyl groups is 2. The van der Waals surface area contributed by atoms with Crippen molar-refractivity contribution in [3.8, 4) is 0 Å². The molecule has 1 aromatic rings. The molecule has 6 nitrogen and oxygen atoms in total. The van der Waals surface area contributed by atoms with Crippen molar-refractivity contribution in [1.82, 2.24) is 15.3 Å². The summed E-state index contributed by atoms with van der Waals surface area (Å²) in [5.41, 5.74) is 1.51. The molecule has 1 aliphatic rings. The van der Waals surface area contributed by atoms with Gasteiger partial charge in [0.1, 0.15) is 0 Å². The van der Waals surface area contributed by atoms with E-state index in [0.717, 1.165) is 5.57 Å². The lowest BCUT2D eigenvalue weighted by Crippen LogP contribution is -2.51. The molecule has 0 spiro atoms. The standard InChI is InChI=1S/C13H19N3O3/c1-2-13(6-17,7-18)16-5-9-3-4-10-11(9)14-8-15-12(10)19/h3,8,16-18H,2,4-7H2,1H3,(H,14,15,19). The zero-order valence-corrected chi connectivity index (χ0v) is 10.9. The van der Waals surface area contributed by atoms with E-state index in [1.54, 1.807) is 0 Å². The number of hydrogen-bond donors (Lipinski definition) is 4. The second kappa shape index (κ2) is 5.64. The molecule has 0 fully saturated rings. The third-order valence-corrected chi connectivity index (χ3v) is 3.74. The number of hydrogen-bond acceptors (Lipinski definition) is 5. The van der Waals surface area contributed by atoms with Gasteiger partial charge in [0.05, 0.1) is 30.8 Å². The predicted octanol–water partition coefficient (Wildman–Crippen LogP) is -0.568. The Morgan fingerprint density at radius 3 is 2.84 bits per heavy atom. The van der Waals surface area contributed by atoms with Crippen LogP contribution in [-0.2, 0) is 6.42 Å². The van der Waals surface area contributed by atoms with Crippen LogP contribution < -0.4 is 10.9 Å². The molecule has 0 amide bonds. The van der Waals surface area contributed by atoms with Gasteiger partial charge in [-0.25, -0.2) is 4.98 Å². The number of H-pyrrole nitrogens is 1. The maximum atomic E-state index is 11.6. The number of aromatic amines is 1. The van der Waals surface area contributed by atoms with Gasteiger partial charge in [-0.2, -0.15) is 0 Å². The second-order valence-corrected chi connectivity index (χ2v) is 4.80. The van der Waals surface area contributed by atoms with E-state index in [1.165, 1.54) is 6.33 Å². The van der Waals surface area contributed by atoms with Crippen LogP contribution in [0, 0.1) is 0 Å². The molecule has 104 valence electrons. The highest BCUT2D eigenvalue weighted by atomic mass is 16.3. The molecule has 0 saturated carbocycles. The molecule has 4 N–H and O–H groups in total. The molecule has 2 rings (SSSR count). The van der Waals surface area contributed by atoms with Crippen LogP contribution in [0.4, 0.5) is 0 Å². The number of aromatic nitrogens is 2. The first-order valence-electron chi connectivity index (χ1n) is 6.38. The molecule has 0 atom stereocenters. The highest BCUT2D eigenvalue weighted by molar-refractivity contribution is 5.70. The van der Waals surface area contributed by atoms with Crippen LogP contribution in [-0.4, -0.2) is 45.5 Å². The Morgan fingerprint density at radius 2 is 2.21 bits per heavy atom. The monoisotopic (exact) mass is 265 g/mol. The maximum absolute atomic E-state index is 11.6. The van der Waals surface area contributed by atoms with E-state index < -0.39 is 5.54 Å². The maximum Gasteiger partial charge on any atom is 0.254 e. The molecule has 0 radical (unpaired) electrons. The van der Waals surface area contributed by atoms with Crippen molar-refractivity contribution in [2.45, 2.75) is 25.3 Å². The first kappa shape index (κ1) is 13.9. The largest absolute Gasteiger partial charge is 0.394 e. The molecule has 0 aliphatic heterocycles. The van der Waals surface area contributed by atoms with Gasteiger partial charge >= 0.3 is 0 Å². The Labute approximate surface area is 111 Å². The predicted molar refractivity (Wildman–Crippen MR) is 71.7 cm³/mol. The fraction of sp³-hybridized carbons (Fsp3) is 0.538. The zero-order valence-electron chi connectivity index (χ0n) is 10.9. The minimum absolute atomic E-state index is 0.109. The normalized spacial score (nSPS) is 14.4. The van der Waals surface area contributed by atoms with Crippen molar-refractivity contribution < 1.29 is 10.2 Å². The average Bonchev–Trinajstić information content (AvgIpc) is 2.86. The second-order valence-electron chi connectivity index (χ2n) is 4.80. The first-order chi connectivity index (χ1) is 9.15. The summed E-state index contributed by atoms with van der Waals surface area (Å²) >= 11 is 0. The fourth-order valence-corrected chi connectivity index (χ4v) is 2.17. The van der Waals surface area contributed by atoms with Crippen LogP contribution in [0.15, 0.2) is 17.2 Å². The van der Waals surface area contributed by atoms with Gasteiger partial charge in [0.15, 0.2) is 0 Å².